The molecular weight excluding hydrogens is 290 g/mol. The second-order valence-corrected chi connectivity index (χ2v) is 6.56. The van der Waals surface area contributed by atoms with Crippen LogP contribution < -0.4 is 5.32 Å². The van der Waals surface area contributed by atoms with Crippen LogP contribution in [-0.2, 0) is 9.53 Å². The summed E-state index contributed by atoms with van der Waals surface area (Å²) in [7, 11) is 1.43. The van der Waals surface area contributed by atoms with Crippen LogP contribution in [0.5, 0.6) is 0 Å². The first kappa shape index (κ1) is 18.0. The van der Waals surface area contributed by atoms with E-state index in [1.165, 1.54) is 7.11 Å². The molecule has 0 spiro atoms. The SMILES string of the molecule is COC(=O)C(C)(CCCCSc1nnc(C)o1)NC(C)C. The number of hydrogen-bond acceptors (Lipinski definition) is 7. The predicted octanol–water partition coefficient (Wildman–Crippen LogP) is 2.57. The van der Waals surface area contributed by atoms with Crippen molar-refractivity contribution in [1.29, 1.82) is 0 Å². The van der Waals surface area contributed by atoms with E-state index in [2.05, 4.69) is 15.5 Å². The zero-order chi connectivity index (χ0) is 15.9. The van der Waals surface area contributed by atoms with Gasteiger partial charge in [-0.3, -0.25) is 10.1 Å². The van der Waals surface area contributed by atoms with E-state index in [-0.39, 0.29) is 12.0 Å². The lowest BCUT2D eigenvalue weighted by atomic mass is 9.94. The number of nitrogens with one attached hydrogen (secondary N) is 1. The first-order valence-electron chi connectivity index (χ1n) is 7.16. The van der Waals surface area contributed by atoms with Crippen LogP contribution in [0.3, 0.4) is 0 Å². The molecule has 0 saturated heterocycles. The molecule has 1 unspecified atom stereocenters. The molecule has 1 aromatic heterocycles. The average molecular weight is 315 g/mol. The van der Waals surface area contributed by atoms with Crippen molar-refractivity contribution in [2.24, 2.45) is 0 Å². The fourth-order valence-corrected chi connectivity index (χ4v) is 2.97. The van der Waals surface area contributed by atoms with Crippen molar-refractivity contribution in [2.75, 3.05) is 12.9 Å². The molecule has 1 rings (SSSR count). The molecule has 0 bridgehead atoms. The van der Waals surface area contributed by atoms with Gasteiger partial charge < -0.3 is 9.15 Å². The number of esters is 1. The second kappa shape index (κ2) is 8.38. The molecular formula is C14H25N3O3S. The van der Waals surface area contributed by atoms with E-state index in [0.717, 1.165) is 25.0 Å². The fraction of sp³-hybridized carbons (Fsp3) is 0.786. The Hall–Kier alpha value is -1.08. The number of carbonyl (C=O) groups is 1. The molecule has 6 nitrogen and oxygen atoms in total. The summed E-state index contributed by atoms with van der Waals surface area (Å²) in [5.41, 5.74) is -0.630. The van der Waals surface area contributed by atoms with Crippen molar-refractivity contribution in [3.63, 3.8) is 0 Å². The van der Waals surface area contributed by atoms with E-state index in [0.29, 0.717) is 11.1 Å². The third-order valence-corrected chi connectivity index (χ3v) is 3.95. The predicted molar refractivity (Wildman–Crippen MR) is 82.3 cm³/mol. The van der Waals surface area contributed by atoms with Crippen LogP contribution in [-0.4, -0.2) is 40.6 Å². The maximum Gasteiger partial charge on any atom is 0.325 e. The fourth-order valence-electron chi connectivity index (χ4n) is 2.17. The number of rotatable bonds is 9. The Labute approximate surface area is 130 Å². The van der Waals surface area contributed by atoms with Crippen LogP contribution >= 0.6 is 11.8 Å². The smallest absolute Gasteiger partial charge is 0.325 e. The van der Waals surface area contributed by atoms with E-state index in [4.69, 9.17) is 9.15 Å². The third kappa shape index (κ3) is 6.05. The zero-order valence-electron chi connectivity index (χ0n) is 13.4. The quantitative estimate of drug-likeness (QED) is 0.426. The van der Waals surface area contributed by atoms with Gasteiger partial charge in [0.05, 0.1) is 7.11 Å². The summed E-state index contributed by atoms with van der Waals surface area (Å²) in [6.45, 7) is 7.72. The monoisotopic (exact) mass is 315 g/mol. The Morgan fingerprint density at radius 2 is 2.14 bits per heavy atom. The highest BCUT2D eigenvalue weighted by atomic mass is 32.2. The number of unbranched alkanes of at least 4 members (excludes halogenated alkanes) is 1. The zero-order valence-corrected chi connectivity index (χ0v) is 14.2. The first-order valence-corrected chi connectivity index (χ1v) is 8.15. The summed E-state index contributed by atoms with van der Waals surface area (Å²) in [6.07, 6.45) is 2.63. The van der Waals surface area contributed by atoms with Gasteiger partial charge in [0, 0.05) is 18.7 Å². The molecule has 0 aliphatic rings. The van der Waals surface area contributed by atoms with Crippen LogP contribution in [0, 0.1) is 6.92 Å². The van der Waals surface area contributed by atoms with Gasteiger partial charge in [-0.2, -0.15) is 0 Å². The largest absolute Gasteiger partial charge is 0.468 e. The van der Waals surface area contributed by atoms with E-state index in [9.17, 15) is 4.79 Å². The van der Waals surface area contributed by atoms with Crippen molar-refractivity contribution in [3.05, 3.63) is 5.89 Å². The molecule has 120 valence electrons. The van der Waals surface area contributed by atoms with Crippen LogP contribution in [0.4, 0.5) is 0 Å². The summed E-state index contributed by atoms with van der Waals surface area (Å²) < 4.78 is 10.2. The van der Waals surface area contributed by atoms with Crippen molar-refractivity contribution in [2.45, 2.75) is 63.8 Å². The van der Waals surface area contributed by atoms with Gasteiger partial charge in [0.25, 0.3) is 5.22 Å². The van der Waals surface area contributed by atoms with Crippen LogP contribution in [0.25, 0.3) is 0 Å². The highest BCUT2D eigenvalue weighted by molar-refractivity contribution is 7.99. The highest BCUT2D eigenvalue weighted by Crippen LogP contribution is 2.21. The lowest BCUT2D eigenvalue weighted by Gasteiger charge is -2.30. The number of carbonyl (C=O) groups excluding carboxylic acids is 1. The standard InChI is InChI=1S/C14H25N3O3S/c1-10(2)15-14(4,12(18)19-5)8-6-7-9-21-13-17-16-11(3)20-13/h10,15H,6-9H2,1-5H3. The van der Waals surface area contributed by atoms with Crippen LogP contribution in [0.2, 0.25) is 0 Å². The Bertz CT molecular complexity index is 450. The first-order chi connectivity index (χ1) is 9.87. The van der Waals surface area contributed by atoms with Gasteiger partial charge in [0.2, 0.25) is 5.89 Å². The van der Waals surface area contributed by atoms with E-state index in [1.54, 1.807) is 18.7 Å². The summed E-state index contributed by atoms with van der Waals surface area (Å²) in [4.78, 5) is 11.9. The van der Waals surface area contributed by atoms with E-state index < -0.39 is 5.54 Å². The number of ether oxygens (including phenoxy) is 1. The normalized spacial score (nSPS) is 14.2. The minimum atomic E-state index is -0.630. The van der Waals surface area contributed by atoms with Gasteiger partial charge in [-0.1, -0.05) is 18.2 Å². The Morgan fingerprint density at radius 1 is 1.43 bits per heavy atom. The van der Waals surface area contributed by atoms with Gasteiger partial charge >= 0.3 is 5.97 Å². The van der Waals surface area contributed by atoms with Crippen LogP contribution in [0.1, 0.15) is 45.9 Å². The summed E-state index contributed by atoms with van der Waals surface area (Å²) in [6, 6.07) is 0.227. The molecule has 1 N–H and O–H groups in total. The lowest BCUT2D eigenvalue weighted by Crippen LogP contribution is -2.52. The molecule has 1 heterocycles. The molecule has 0 fully saturated rings. The summed E-state index contributed by atoms with van der Waals surface area (Å²) in [5.74, 6) is 1.26. The summed E-state index contributed by atoms with van der Waals surface area (Å²) in [5, 5.41) is 11.6. The molecule has 0 amide bonds. The van der Waals surface area contributed by atoms with Crippen molar-refractivity contribution in [3.8, 4) is 0 Å². The molecule has 7 heteroatoms. The second-order valence-electron chi connectivity index (χ2n) is 5.52. The summed E-state index contributed by atoms with van der Waals surface area (Å²) >= 11 is 1.54. The lowest BCUT2D eigenvalue weighted by molar-refractivity contribution is -0.148. The van der Waals surface area contributed by atoms with Gasteiger partial charge in [0.15, 0.2) is 0 Å². The van der Waals surface area contributed by atoms with E-state index >= 15 is 0 Å². The molecule has 0 radical (unpaired) electrons. The minimum absolute atomic E-state index is 0.212. The van der Waals surface area contributed by atoms with E-state index in [1.807, 2.05) is 20.8 Å². The molecule has 0 aliphatic carbocycles. The molecule has 0 aliphatic heterocycles. The van der Waals surface area contributed by atoms with Gasteiger partial charge in [-0.25, -0.2) is 0 Å². The number of nitrogens with zero attached hydrogens (tertiary/aromatic N) is 2. The minimum Gasteiger partial charge on any atom is -0.468 e. The average Bonchev–Trinajstić information content (AvgIpc) is 2.82. The molecule has 0 aromatic carbocycles. The number of aromatic nitrogens is 2. The van der Waals surface area contributed by atoms with Crippen molar-refractivity contribution >= 4 is 17.7 Å². The number of thioether (sulfide) groups is 1. The highest BCUT2D eigenvalue weighted by Gasteiger charge is 2.33. The Morgan fingerprint density at radius 3 is 2.67 bits per heavy atom. The molecule has 1 atom stereocenters. The van der Waals surface area contributed by atoms with Crippen molar-refractivity contribution in [1.82, 2.24) is 15.5 Å². The number of hydrogen-bond donors (Lipinski definition) is 1. The van der Waals surface area contributed by atoms with Gasteiger partial charge in [-0.15, -0.1) is 10.2 Å². The maximum atomic E-state index is 11.9. The molecule has 21 heavy (non-hydrogen) atoms. The number of aryl methyl sites for hydroxylation is 1. The number of methoxy groups -OCH3 is 1. The van der Waals surface area contributed by atoms with Gasteiger partial charge in [-0.05, 0) is 33.6 Å². The Balaban J connectivity index is 2.34. The topological polar surface area (TPSA) is 77.2 Å². The van der Waals surface area contributed by atoms with Gasteiger partial charge in [0.1, 0.15) is 5.54 Å². The van der Waals surface area contributed by atoms with Crippen molar-refractivity contribution < 1.29 is 13.9 Å². The maximum absolute atomic E-state index is 11.9. The Kier molecular flexibility index (Phi) is 7.17. The molecule has 0 saturated carbocycles. The van der Waals surface area contributed by atoms with Crippen LogP contribution in [0.15, 0.2) is 9.64 Å². The molecule has 1 aromatic rings. The third-order valence-electron chi connectivity index (χ3n) is 3.05.